The van der Waals surface area contributed by atoms with E-state index in [0.717, 1.165) is 30.4 Å². The first-order valence-electron chi connectivity index (χ1n) is 10.0. The van der Waals surface area contributed by atoms with Crippen molar-refractivity contribution in [1.82, 2.24) is 5.32 Å². The maximum Gasteiger partial charge on any atom is 0.261 e. The zero-order valence-corrected chi connectivity index (χ0v) is 17.1. The average molecular weight is 393 g/mol. The summed E-state index contributed by atoms with van der Waals surface area (Å²) in [6.07, 6.45) is 2.85. The molecule has 0 bridgehead atoms. The number of nitrogens with one attached hydrogen (secondary N) is 2. The SMILES string of the molecule is CCCCCNC(=O)C1C(=O)Nc2ccccc2C(=O)N1c1c(C)cccc1C. The van der Waals surface area contributed by atoms with Gasteiger partial charge in [-0.3, -0.25) is 19.3 Å². The van der Waals surface area contributed by atoms with E-state index in [1.165, 1.54) is 4.90 Å². The Bertz CT molecular complexity index is 918. The first kappa shape index (κ1) is 20.6. The Hall–Kier alpha value is -3.15. The number of aryl methyl sites for hydroxylation is 2. The highest BCUT2D eigenvalue weighted by Crippen LogP contribution is 2.32. The standard InChI is InChI=1S/C23H27N3O3/c1-4-5-8-14-24-21(27)20-22(28)25-18-13-7-6-12-17(18)23(29)26(20)19-15(2)10-9-11-16(19)3/h6-7,9-13,20H,4-5,8,14H2,1-3H3,(H,24,27)(H,25,28). The van der Waals surface area contributed by atoms with Crippen LogP contribution in [0.2, 0.25) is 0 Å². The second kappa shape index (κ2) is 8.90. The molecule has 1 aliphatic heterocycles. The van der Waals surface area contributed by atoms with Gasteiger partial charge in [-0.05, 0) is 43.5 Å². The maximum atomic E-state index is 13.5. The number of amides is 3. The van der Waals surface area contributed by atoms with Crippen LogP contribution in [0.1, 0.15) is 47.7 Å². The Morgan fingerprint density at radius 1 is 1.03 bits per heavy atom. The van der Waals surface area contributed by atoms with Crippen LogP contribution in [0.4, 0.5) is 11.4 Å². The average Bonchev–Trinajstić information content (AvgIpc) is 2.80. The van der Waals surface area contributed by atoms with Crippen LogP contribution >= 0.6 is 0 Å². The van der Waals surface area contributed by atoms with Gasteiger partial charge in [-0.2, -0.15) is 0 Å². The molecule has 29 heavy (non-hydrogen) atoms. The minimum atomic E-state index is -1.28. The van der Waals surface area contributed by atoms with Gasteiger partial charge in [0.15, 0.2) is 6.04 Å². The molecule has 0 saturated heterocycles. The van der Waals surface area contributed by atoms with E-state index in [-0.39, 0.29) is 5.91 Å². The number of unbranched alkanes of at least 4 members (excludes halogenated alkanes) is 2. The predicted molar refractivity (Wildman–Crippen MR) is 114 cm³/mol. The van der Waals surface area contributed by atoms with Crippen molar-refractivity contribution in [3.05, 3.63) is 59.2 Å². The van der Waals surface area contributed by atoms with Crippen LogP contribution in [0, 0.1) is 13.8 Å². The van der Waals surface area contributed by atoms with Gasteiger partial charge in [-0.15, -0.1) is 0 Å². The van der Waals surface area contributed by atoms with Crippen LogP contribution in [-0.2, 0) is 9.59 Å². The number of anilines is 2. The lowest BCUT2D eigenvalue weighted by Crippen LogP contribution is -2.55. The number of rotatable bonds is 6. The molecule has 0 radical (unpaired) electrons. The van der Waals surface area contributed by atoms with Gasteiger partial charge >= 0.3 is 0 Å². The third-order valence-corrected chi connectivity index (χ3v) is 5.15. The molecule has 1 heterocycles. The van der Waals surface area contributed by atoms with Crippen LogP contribution < -0.4 is 15.5 Å². The third-order valence-electron chi connectivity index (χ3n) is 5.15. The largest absolute Gasteiger partial charge is 0.354 e. The summed E-state index contributed by atoms with van der Waals surface area (Å²) < 4.78 is 0. The second-order valence-corrected chi connectivity index (χ2v) is 7.35. The minimum Gasteiger partial charge on any atom is -0.354 e. The maximum absolute atomic E-state index is 13.5. The van der Waals surface area contributed by atoms with Gasteiger partial charge < -0.3 is 10.6 Å². The zero-order chi connectivity index (χ0) is 21.0. The van der Waals surface area contributed by atoms with Crippen LogP contribution in [-0.4, -0.2) is 30.3 Å². The molecule has 3 amide bonds. The Labute approximate surface area is 171 Å². The van der Waals surface area contributed by atoms with Crippen molar-refractivity contribution in [1.29, 1.82) is 0 Å². The monoisotopic (exact) mass is 393 g/mol. The predicted octanol–water partition coefficient (Wildman–Crippen LogP) is 3.58. The van der Waals surface area contributed by atoms with Crippen LogP contribution in [0.15, 0.2) is 42.5 Å². The van der Waals surface area contributed by atoms with Gasteiger partial charge in [0.2, 0.25) is 0 Å². The molecular formula is C23H27N3O3. The summed E-state index contributed by atoms with van der Waals surface area (Å²) in [5.74, 6) is -1.36. The highest BCUT2D eigenvalue weighted by molar-refractivity contribution is 6.25. The Kier molecular flexibility index (Phi) is 6.32. The van der Waals surface area contributed by atoms with E-state index in [2.05, 4.69) is 17.6 Å². The normalized spacial score (nSPS) is 16.1. The van der Waals surface area contributed by atoms with Crippen LogP contribution in [0.25, 0.3) is 0 Å². The van der Waals surface area contributed by atoms with E-state index in [0.29, 0.717) is 23.5 Å². The number of carbonyl (C=O) groups excluding carboxylic acids is 3. The van der Waals surface area contributed by atoms with E-state index in [9.17, 15) is 14.4 Å². The summed E-state index contributed by atoms with van der Waals surface area (Å²) in [6, 6.07) is 11.2. The van der Waals surface area contributed by atoms with Gasteiger partial charge in [0.05, 0.1) is 16.9 Å². The van der Waals surface area contributed by atoms with Gasteiger partial charge in [0.1, 0.15) is 0 Å². The fraction of sp³-hybridized carbons (Fsp3) is 0.348. The number of fused-ring (bicyclic) bond motifs is 1. The highest BCUT2D eigenvalue weighted by Gasteiger charge is 2.41. The summed E-state index contributed by atoms with van der Waals surface area (Å²) in [6.45, 7) is 6.30. The molecule has 1 unspecified atom stereocenters. The van der Waals surface area contributed by atoms with Crippen molar-refractivity contribution in [2.75, 3.05) is 16.8 Å². The number of hydrogen-bond donors (Lipinski definition) is 2. The van der Waals surface area contributed by atoms with Crippen molar-refractivity contribution in [2.45, 2.75) is 46.1 Å². The molecule has 6 heteroatoms. The summed E-state index contributed by atoms with van der Waals surface area (Å²) >= 11 is 0. The molecule has 2 N–H and O–H groups in total. The molecular weight excluding hydrogens is 366 g/mol. The van der Waals surface area contributed by atoms with Gasteiger partial charge in [-0.25, -0.2) is 0 Å². The molecule has 1 atom stereocenters. The van der Waals surface area contributed by atoms with Gasteiger partial charge in [0, 0.05) is 6.54 Å². The van der Waals surface area contributed by atoms with E-state index in [4.69, 9.17) is 0 Å². The molecule has 0 aromatic heterocycles. The first-order valence-corrected chi connectivity index (χ1v) is 10.0. The van der Waals surface area contributed by atoms with Gasteiger partial charge in [0.25, 0.3) is 17.7 Å². The number of hydrogen-bond acceptors (Lipinski definition) is 3. The van der Waals surface area contributed by atoms with Crippen molar-refractivity contribution >= 4 is 29.1 Å². The third kappa shape index (κ3) is 4.16. The lowest BCUT2D eigenvalue weighted by molar-refractivity contribution is -0.128. The molecule has 3 rings (SSSR count). The molecule has 1 aliphatic rings. The molecule has 0 saturated carbocycles. The van der Waals surface area contributed by atoms with Crippen molar-refractivity contribution in [3.63, 3.8) is 0 Å². The van der Waals surface area contributed by atoms with E-state index >= 15 is 0 Å². The van der Waals surface area contributed by atoms with E-state index < -0.39 is 17.9 Å². The fourth-order valence-electron chi connectivity index (χ4n) is 3.68. The zero-order valence-electron chi connectivity index (χ0n) is 17.1. The molecule has 2 aromatic carbocycles. The highest BCUT2D eigenvalue weighted by atomic mass is 16.2. The first-order chi connectivity index (χ1) is 14.0. The Morgan fingerprint density at radius 3 is 2.41 bits per heavy atom. The lowest BCUT2D eigenvalue weighted by Gasteiger charge is -2.30. The topological polar surface area (TPSA) is 78.5 Å². The molecule has 6 nitrogen and oxygen atoms in total. The summed E-state index contributed by atoms with van der Waals surface area (Å²) in [7, 11) is 0. The Balaban J connectivity index is 2.07. The molecule has 152 valence electrons. The second-order valence-electron chi connectivity index (χ2n) is 7.35. The van der Waals surface area contributed by atoms with Gasteiger partial charge in [-0.1, -0.05) is 50.1 Å². The summed E-state index contributed by atoms with van der Waals surface area (Å²) in [4.78, 5) is 41.0. The number of para-hydroxylation sites is 2. The fourth-order valence-corrected chi connectivity index (χ4v) is 3.68. The lowest BCUT2D eigenvalue weighted by atomic mass is 10.0. The summed E-state index contributed by atoms with van der Waals surface area (Å²) in [5.41, 5.74) is 3.03. The number of carbonyl (C=O) groups is 3. The molecule has 0 spiro atoms. The van der Waals surface area contributed by atoms with Crippen LogP contribution in [0.5, 0.6) is 0 Å². The van der Waals surface area contributed by atoms with E-state index in [1.807, 2.05) is 32.0 Å². The number of benzene rings is 2. The van der Waals surface area contributed by atoms with Crippen molar-refractivity contribution in [2.24, 2.45) is 0 Å². The molecule has 0 fully saturated rings. The van der Waals surface area contributed by atoms with Crippen LogP contribution in [0.3, 0.4) is 0 Å². The van der Waals surface area contributed by atoms with Crippen molar-refractivity contribution < 1.29 is 14.4 Å². The summed E-state index contributed by atoms with van der Waals surface area (Å²) in [5, 5.41) is 5.60. The Morgan fingerprint density at radius 2 is 1.72 bits per heavy atom. The van der Waals surface area contributed by atoms with Crippen molar-refractivity contribution in [3.8, 4) is 0 Å². The number of nitrogens with zero attached hydrogens (tertiary/aromatic N) is 1. The quantitative estimate of drug-likeness (QED) is 0.582. The minimum absolute atomic E-state index is 0.366. The molecule has 2 aromatic rings. The van der Waals surface area contributed by atoms with E-state index in [1.54, 1.807) is 24.3 Å². The smallest absolute Gasteiger partial charge is 0.261 e. The molecule has 0 aliphatic carbocycles.